The number of carbonyl (C=O) groups excluding carboxylic acids is 2. The number of ether oxygens (including phenoxy) is 1. The molecule has 2 amide bonds. The van der Waals surface area contributed by atoms with Crippen LogP contribution in [-0.2, 0) is 9.53 Å². The Morgan fingerprint density at radius 2 is 1.63 bits per heavy atom. The smallest absolute Gasteiger partial charge is 0.411 e. The molecule has 3 aromatic rings. The third-order valence-corrected chi connectivity index (χ3v) is 6.72. The zero-order valence-electron chi connectivity index (χ0n) is 19.2. The van der Waals surface area contributed by atoms with E-state index in [1.165, 1.54) is 4.90 Å². The number of fused-ring (bicyclic) bond motifs is 3. The fraction of sp³-hybridized carbons (Fsp3) is 0.222. The van der Waals surface area contributed by atoms with E-state index in [2.05, 4.69) is 45.5 Å². The van der Waals surface area contributed by atoms with E-state index < -0.39 is 12.1 Å². The fourth-order valence-corrected chi connectivity index (χ4v) is 4.63. The number of hydrogen-bond acceptors (Lipinski definition) is 4. The minimum absolute atomic E-state index is 0.00739. The summed E-state index contributed by atoms with van der Waals surface area (Å²) in [4.78, 5) is 37.5. The maximum absolute atomic E-state index is 12.7. The molecule has 7 nitrogen and oxygen atoms in total. The summed E-state index contributed by atoms with van der Waals surface area (Å²) >= 11 is 3.40. The molecular formula is C27H25BrN2O5. The molecule has 8 heteroatoms. The normalized spacial score (nSPS) is 11.9. The first-order chi connectivity index (χ1) is 16.8. The van der Waals surface area contributed by atoms with E-state index >= 15 is 0 Å². The lowest BCUT2D eigenvalue weighted by Crippen LogP contribution is -2.28. The summed E-state index contributed by atoms with van der Waals surface area (Å²) in [6, 6.07) is 21.1. The second-order valence-electron chi connectivity index (χ2n) is 8.37. The van der Waals surface area contributed by atoms with Crippen LogP contribution in [0.25, 0.3) is 11.1 Å². The van der Waals surface area contributed by atoms with Crippen molar-refractivity contribution in [2.45, 2.75) is 18.8 Å². The highest BCUT2D eigenvalue weighted by Gasteiger charge is 2.29. The number of aliphatic carboxylic acids is 1. The van der Waals surface area contributed by atoms with Crippen molar-refractivity contribution >= 4 is 39.6 Å². The van der Waals surface area contributed by atoms with Gasteiger partial charge in [-0.1, -0.05) is 48.5 Å². The highest BCUT2D eigenvalue weighted by Crippen LogP contribution is 2.44. The summed E-state index contributed by atoms with van der Waals surface area (Å²) in [5.41, 5.74) is 5.34. The molecule has 0 saturated heterocycles. The number of halogens is 1. The molecule has 0 fully saturated rings. The Balaban J connectivity index is 1.41. The van der Waals surface area contributed by atoms with Gasteiger partial charge in [-0.2, -0.15) is 0 Å². The Morgan fingerprint density at radius 1 is 1.00 bits per heavy atom. The monoisotopic (exact) mass is 536 g/mol. The number of rotatable bonds is 8. The van der Waals surface area contributed by atoms with Gasteiger partial charge in [-0.3, -0.25) is 14.9 Å². The van der Waals surface area contributed by atoms with E-state index in [0.717, 1.165) is 22.3 Å². The van der Waals surface area contributed by atoms with Crippen LogP contribution in [0.3, 0.4) is 0 Å². The Morgan fingerprint density at radius 3 is 2.26 bits per heavy atom. The van der Waals surface area contributed by atoms with Crippen molar-refractivity contribution in [2.24, 2.45) is 0 Å². The van der Waals surface area contributed by atoms with E-state index in [9.17, 15) is 14.4 Å². The zero-order chi connectivity index (χ0) is 24.9. The van der Waals surface area contributed by atoms with Gasteiger partial charge in [0, 0.05) is 36.0 Å². The molecule has 0 aliphatic heterocycles. The molecule has 3 aromatic carbocycles. The van der Waals surface area contributed by atoms with E-state index in [1.54, 1.807) is 25.2 Å². The summed E-state index contributed by atoms with van der Waals surface area (Å²) in [6.07, 6.45) is -0.266. The summed E-state index contributed by atoms with van der Waals surface area (Å²) < 4.78 is 6.21. The maximum atomic E-state index is 12.7. The van der Waals surface area contributed by atoms with Gasteiger partial charge in [0.1, 0.15) is 6.61 Å². The lowest BCUT2D eigenvalue weighted by atomic mass is 9.98. The number of carboxylic acids is 1. The number of benzene rings is 3. The Labute approximate surface area is 211 Å². The third kappa shape index (κ3) is 5.54. The Hall–Kier alpha value is -3.65. The molecule has 4 rings (SSSR count). The summed E-state index contributed by atoms with van der Waals surface area (Å²) in [7, 11) is 1.62. The van der Waals surface area contributed by atoms with Crippen LogP contribution >= 0.6 is 15.9 Å². The molecule has 0 heterocycles. The van der Waals surface area contributed by atoms with Gasteiger partial charge in [0.15, 0.2) is 0 Å². The highest BCUT2D eigenvalue weighted by atomic mass is 79.9. The number of nitrogens with zero attached hydrogens (tertiary/aromatic N) is 1. The molecule has 0 bridgehead atoms. The SMILES string of the molecule is CN(CCCC(=O)O)C(=O)c1ccc(Br)c(NC(=O)OCC2c3ccccc3-c3ccccc32)c1. The summed E-state index contributed by atoms with van der Waals surface area (Å²) in [5, 5.41) is 11.5. The molecular weight excluding hydrogens is 512 g/mol. The summed E-state index contributed by atoms with van der Waals surface area (Å²) in [5.74, 6) is -1.22. The van der Waals surface area contributed by atoms with Crippen molar-refractivity contribution in [2.75, 3.05) is 25.5 Å². The average Bonchev–Trinajstić information content (AvgIpc) is 3.17. The van der Waals surface area contributed by atoms with Crippen LogP contribution in [0, 0.1) is 0 Å². The van der Waals surface area contributed by atoms with Crippen LogP contribution in [0.1, 0.15) is 40.2 Å². The van der Waals surface area contributed by atoms with Crippen LogP contribution < -0.4 is 5.32 Å². The van der Waals surface area contributed by atoms with Gasteiger partial charge in [0.05, 0.1) is 5.69 Å². The molecule has 35 heavy (non-hydrogen) atoms. The predicted molar refractivity (Wildman–Crippen MR) is 137 cm³/mol. The second kappa shape index (κ2) is 10.7. The number of amides is 2. The fourth-order valence-electron chi connectivity index (χ4n) is 4.29. The van der Waals surface area contributed by atoms with Gasteiger partial charge in [-0.25, -0.2) is 4.79 Å². The Kier molecular flexibility index (Phi) is 7.51. The molecule has 0 aromatic heterocycles. The van der Waals surface area contributed by atoms with Gasteiger partial charge in [0.25, 0.3) is 5.91 Å². The third-order valence-electron chi connectivity index (χ3n) is 6.02. The number of anilines is 1. The molecule has 0 spiro atoms. The van der Waals surface area contributed by atoms with Gasteiger partial charge < -0.3 is 14.7 Å². The van der Waals surface area contributed by atoms with Gasteiger partial charge >= 0.3 is 12.1 Å². The van der Waals surface area contributed by atoms with E-state index in [-0.39, 0.29) is 24.9 Å². The zero-order valence-corrected chi connectivity index (χ0v) is 20.7. The van der Waals surface area contributed by atoms with Crippen LogP contribution in [-0.4, -0.2) is 48.2 Å². The van der Waals surface area contributed by atoms with Crippen LogP contribution in [0.5, 0.6) is 0 Å². The summed E-state index contributed by atoms with van der Waals surface area (Å²) in [6.45, 7) is 0.499. The topological polar surface area (TPSA) is 95.9 Å². The quantitative estimate of drug-likeness (QED) is 0.382. The molecule has 0 saturated carbocycles. The number of hydrogen-bond donors (Lipinski definition) is 2. The van der Waals surface area contributed by atoms with Crippen molar-refractivity contribution in [3.8, 4) is 11.1 Å². The molecule has 180 valence electrons. The molecule has 0 atom stereocenters. The molecule has 2 N–H and O–H groups in total. The lowest BCUT2D eigenvalue weighted by Gasteiger charge is -2.18. The number of nitrogens with one attached hydrogen (secondary N) is 1. The predicted octanol–water partition coefficient (Wildman–Crippen LogP) is 5.75. The van der Waals surface area contributed by atoms with Crippen molar-refractivity contribution in [1.29, 1.82) is 0 Å². The van der Waals surface area contributed by atoms with Crippen LogP contribution in [0.2, 0.25) is 0 Å². The maximum Gasteiger partial charge on any atom is 0.411 e. The van der Waals surface area contributed by atoms with Gasteiger partial charge in [0.2, 0.25) is 0 Å². The van der Waals surface area contributed by atoms with Crippen molar-refractivity contribution in [3.63, 3.8) is 0 Å². The first kappa shape index (κ1) is 24.5. The minimum atomic E-state index is -0.899. The van der Waals surface area contributed by atoms with E-state index in [1.807, 2.05) is 24.3 Å². The van der Waals surface area contributed by atoms with Gasteiger partial charge in [-0.15, -0.1) is 0 Å². The standard InChI is InChI=1S/C27H25BrN2O5/c1-30(14-6-11-25(31)32)26(33)17-12-13-23(28)24(15-17)29-27(34)35-16-22-20-9-4-2-7-18(20)19-8-3-5-10-21(19)22/h2-5,7-10,12-13,15,22H,6,11,14,16H2,1H3,(H,29,34)(H,31,32). The van der Waals surface area contributed by atoms with Crippen LogP contribution in [0.15, 0.2) is 71.2 Å². The Bertz CT molecular complexity index is 1230. The van der Waals surface area contributed by atoms with E-state index in [0.29, 0.717) is 28.7 Å². The molecule has 0 radical (unpaired) electrons. The first-order valence-electron chi connectivity index (χ1n) is 11.2. The average molecular weight is 537 g/mol. The highest BCUT2D eigenvalue weighted by molar-refractivity contribution is 9.10. The van der Waals surface area contributed by atoms with Crippen molar-refractivity contribution in [3.05, 3.63) is 87.9 Å². The largest absolute Gasteiger partial charge is 0.481 e. The second-order valence-corrected chi connectivity index (χ2v) is 9.22. The van der Waals surface area contributed by atoms with Crippen molar-refractivity contribution < 1.29 is 24.2 Å². The molecule has 0 unspecified atom stereocenters. The number of carbonyl (C=O) groups is 3. The van der Waals surface area contributed by atoms with Crippen LogP contribution in [0.4, 0.5) is 10.5 Å². The first-order valence-corrected chi connectivity index (χ1v) is 12.0. The lowest BCUT2D eigenvalue weighted by molar-refractivity contribution is -0.137. The number of carboxylic acid groups (broad SMARTS) is 1. The van der Waals surface area contributed by atoms with E-state index in [4.69, 9.17) is 9.84 Å². The molecule has 1 aliphatic rings. The van der Waals surface area contributed by atoms with Crippen molar-refractivity contribution in [1.82, 2.24) is 4.90 Å². The minimum Gasteiger partial charge on any atom is -0.481 e. The van der Waals surface area contributed by atoms with Gasteiger partial charge in [-0.05, 0) is 62.8 Å². The molecule has 1 aliphatic carbocycles.